The molecule has 0 aliphatic rings. The number of hydrogen-bond donors (Lipinski definition) is 1. The van der Waals surface area contributed by atoms with Gasteiger partial charge in [-0.05, 0) is 36.4 Å². The summed E-state index contributed by atoms with van der Waals surface area (Å²) in [5.41, 5.74) is 0.272. The Balaban J connectivity index is 2.20. The van der Waals surface area contributed by atoms with Crippen LogP contribution in [0.15, 0.2) is 53.4 Å². The molecule has 23 heavy (non-hydrogen) atoms. The van der Waals surface area contributed by atoms with E-state index in [0.29, 0.717) is 5.69 Å². The third kappa shape index (κ3) is 4.49. The highest BCUT2D eigenvalue weighted by Gasteiger charge is 2.15. The minimum absolute atomic E-state index is 0.0556. The van der Waals surface area contributed by atoms with Crippen LogP contribution in [0.2, 0.25) is 0 Å². The molecule has 2 rings (SSSR count). The molecule has 0 aromatic heterocycles. The van der Waals surface area contributed by atoms with Crippen LogP contribution < -0.4 is 10.1 Å². The van der Waals surface area contributed by atoms with E-state index in [1.807, 2.05) is 0 Å². The van der Waals surface area contributed by atoms with Gasteiger partial charge in [-0.1, -0.05) is 12.1 Å². The standard InChI is InChI=1S/C15H13F2NO4S/c1-23(20,21)11-8-6-10(7-9-11)18-14(19)12-4-2-3-5-13(12)22-15(16)17/h2-9,15H,1H3,(H,18,19). The maximum atomic E-state index is 12.3. The number of carbonyl (C=O) groups excluding carboxylic acids is 1. The molecule has 2 aromatic rings. The van der Waals surface area contributed by atoms with Crippen LogP contribution in [0, 0.1) is 0 Å². The Morgan fingerprint density at radius 2 is 1.70 bits per heavy atom. The number of para-hydroxylation sites is 1. The second-order valence-electron chi connectivity index (χ2n) is 4.63. The van der Waals surface area contributed by atoms with Crippen LogP contribution in [-0.4, -0.2) is 27.2 Å². The lowest BCUT2D eigenvalue weighted by Crippen LogP contribution is -2.15. The minimum Gasteiger partial charge on any atom is -0.434 e. The summed E-state index contributed by atoms with van der Waals surface area (Å²) in [7, 11) is -3.34. The Kier molecular flexibility index (Phi) is 4.95. The van der Waals surface area contributed by atoms with Crippen LogP contribution in [0.25, 0.3) is 0 Å². The Morgan fingerprint density at radius 3 is 2.26 bits per heavy atom. The largest absolute Gasteiger partial charge is 0.434 e. The summed E-state index contributed by atoms with van der Waals surface area (Å²) in [6.07, 6.45) is 1.07. The van der Waals surface area contributed by atoms with E-state index in [-0.39, 0.29) is 16.2 Å². The summed E-state index contributed by atoms with van der Waals surface area (Å²) < 4.78 is 51.7. The lowest BCUT2D eigenvalue weighted by atomic mass is 10.2. The lowest BCUT2D eigenvalue weighted by Gasteiger charge is -2.11. The first-order chi connectivity index (χ1) is 10.8. The van der Waals surface area contributed by atoms with Gasteiger partial charge >= 0.3 is 6.61 Å². The van der Waals surface area contributed by atoms with Crippen molar-refractivity contribution in [3.05, 3.63) is 54.1 Å². The molecule has 5 nitrogen and oxygen atoms in total. The average molecular weight is 341 g/mol. The highest BCUT2D eigenvalue weighted by Crippen LogP contribution is 2.22. The number of rotatable bonds is 5. The molecule has 0 fully saturated rings. The molecule has 0 bridgehead atoms. The molecule has 1 amide bonds. The van der Waals surface area contributed by atoms with Gasteiger partial charge in [0.05, 0.1) is 10.5 Å². The number of ether oxygens (including phenoxy) is 1. The molecule has 0 unspecified atom stereocenters. The second kappa shape index (κ2) is 6.74. The monoisotopic (exact) mass is 341 g/mol. The number of alkyl halides is 2. The van der Waals surface area contributed by atoms with E-state index in [0.717, 1.165) is 6.26 Å². The summed E-state index contributed by atoms with van der Waals surface area (Å²) in [5, 5.41) is 2.49. The molecule has 8 heteroatoms. The van der Waals surface area contributed by atoms with Gasteiger partial charge in [-0.25, -0.2) is 8.42 Å². The molecule has 122 valence electrons. The summed E-state index contributed by atoms with van der Waals surface area (Å²) in [6, 6.07) is 11.1. The van der Waals surface area contributed by atoms with Crippen LogP contribution in [-0.2, 0) is 9.84 Å². The fraction of sp³-hybridized carbons (Fsp3) is 0.133. The lowest BCUT2D eigenvalue weighted by molar-refractivity contribution is -0.0501. The van der Waals surface area contributed by atoms with E-state index in [1.54, 1.807) is 0 Å². The zero-order valence-corrected chi connectivity index (χ0v) is 12.8. The van der Waals surface area contributed by atoms with Crippen molar-refractivity contribution in [1.29, 1.82) is 0 Å². The van der Waals surface area contributed by atoms with Gasteiger partial charge in [0.2, 0.25) is 0 Å². The number of sulfone groups is 1. The molecular weight excluding hydrogens is 328 g/mol. The van der Waals surface area contributed by atoms with Crippen LogP contribution in [0.3, 0.4) is 0 Å². The van der Waals surface area contributed by atoms with E-state index in [9.17, 15) is 22.0 Å². The predicted molar refractivity (Wildman–Crippen MR) is 80.6 cm³/mol. The number of carbonyl (C=O) groups is 1. The van der Waals surface area contributed by atoms with Crippen molar-refractivity contribution in [2.75, 3.05) is 11.6 Å². The topological polar surface area (TPSA) is 72.5 Å². The van der Waals surface area contributed by atoms with Crippen molar-refractivity contribution in [2.45, 2.75) is 11.5 Å². The Morgan fingerprint density at radius 1 is 1.09 bits per heavy atom. The van der Waals surface area contributed by atoms with Gasteiger partial charge in [-0.3, -0.25) is 4.79 Å². The van der Waals surface area contributed by atoms with Crippen LogP contribution >= 0.6 is 0 Å². The molecular formula is C15H13F2NO4S. The Bertz CT molecular complexity index is 804. The van der Waals surface area contributed by atoms with Gasteiger partial charge in [-0.15, -0.1) is 0 Å². The third-order valence-corrected chi connectivity index (χ3v) is 4.02. The number of anilines is 1. The van der Waals surface area contributed by atoms with E-state index < -0.39 is 22.4 Å². The zero-order chi connectivity index (χ0) is 17.0. The molecule has 0 aliphatic carbocycles. The molecule has 0 heterocycles. The van der Waals surface area contributed by atoms with Crippen LogP contribution in [0.1, 0.15) is 10.4 Å². The molecule has 2 aromatic carbocycles. The van der Waals surface area contributed by atoms with Crippen molar-refractivity contribution in [3.8, 4) is 5.75 Å². The van der Waals surface area contributed by atoms with Crippen molar-refractivity contribution >= 4 is 21.4 Å². The minimum atomic E-state index is -3.34. The van der Waals surface area contributed by atoms with Gasteiger partial charge in [0.15, 0.2) is 9.84 Å². The van der Waals surface area contributed by atoms with Crippen LogP contribution in [0.5, 0.6) is 5.75 Å². The molecule has 0 saturated heterocycles. The molecule has 0 radical (unpaired) electrons. The van der Waals surface area contributed by atoms with Crippen molar-refractivity contribution in [2.24, 2.45) is 0 Å². The van der Waals surface area contributed by atoms with E-state index in [1.165, 1.54) is 48.5 Å². The summed E-state index contributed by atoms with van der Waals surface area (Å²) in [6.45, 7) is -3.04. The van der Waals surface area contributed by atoms with Crippen molar-refractivity contribution in [3.63, 3.8) is 0 Å². The fourth-order valence-corrected chi connectivity index (χ4v) is 2.47. The molecule has 0 aliphatic heterocycles. The number of nitrogens with one attached hydrogen (secondary N) is 1. The number of hydrogen-bond acceptors (Lipinski definition) is 4. The molecule has 0 atom stereocenters. The first kappa shape index (κ1) is 16.9. The normalized spacial score (nSPS) is 11.3. The highest BCUT2D eigenvalue weighted by molar-refractivity contribution is 7.90. The quantitative estimate of drug-likeness (QED) is 0.907. The SMILES string of the molecule is CS(=O)(=O)c1ccc(NC(=O)c2ccccc2OC(F)F)cc1. The first-order valence-corrected chi connectivity index (χ1v) is 8.32. The number of benzene rings is 2. The summed E-state index contributed by atoms with van der Waals surface area (Å²) >= 11 is 0. The molecule has 1 N–H and O–H groups in total. The first-order valence-electron chi connectivity index (χ1n) is 6.42. The average Bonchev–Trinajstić information content (AvgIpc) is 2.46. The third-order valence-electron chi connectivity index (χ3n) is 2.89. The van der Waals surface area contributed by atoms with E-state index >= 15 is 0 Å². The van der Waals surface area contributed by atoms with Gasteiger partial charge in [0.25, 0.3) is 5.91 Å². The molecule has 0 spiro atoms. The van der Waals surface area contributed by atoms with Crippen molar-refractivity contribution in [1.82, 2.24) is 0 Å². The van der Waals surface area contributed by atoms with Gasteiger partial charge in [0, 0.05) is 11.9 Å². The highest BCUT2D eigenvalue weighted by atomic mass is 32.2. The van der Waals surface area contributed by atoms with Gasteiger partial charge in [0.1, 0.15) is 5.75 Å². The maximum absolute atomic E-state index is 12.3. The van der Waals surface area contributed by atoms with Crippen LogP contribution in [0.4, 0.5) is 14.5 Å². The van der Waals surface area contributed by atoms with Gasteiger partial charge in [-0.2, -0.15) is 8.78 Å². The zero-order valence-electron chi connectivity index (χ0n) is 12.0. The second-order valence-corrected chi connectivity index (χ2v) is 6.64. The van der Waals surface area contributed by atoms with E-state index in [4.69, 9.17) is 0 Å². The molecule has 0 saturated carbocycles. The van der Waals surface area contributed by atoms with Gasteiger partial charge < -0.3 is 10.1 Å². The predicted octanol–water partition coefficient (Wildman–Crippen LogP) is 2.94. The summed E-state index contributed by atoms with van der Waals surface area (Å²) in [4.78, 5) is 12.3. The summed E-state index contributed by atoms with van der Waals surface area (Å²) in [5.74, 6) is -0.888. The Labute approximate surface area is 131 Å². The maximum Gasteiger partial charge on any atom is 0.387 e. The Hall–Kier alpha value is -2.48. The number of amides is 1. The van der Waals surface area contributed by atoms with Crippen molar-refractivity contribution < 1.29 is 26.7 Å². The smallest absolute Gasteiger partial charge is 0.387 e. The number of halogens is 2. The fourth-order valence-electron chi connectivity index (χ4n) is 1.84. The van der Waals surface area contributed by atoms with E-state index in [2.05, 4.69) is 10.1 Å².